The van der Waals surface area contributed by atoms with Crippen molar-refractivity contribution in [3.8, 4) is 0 Å². The molecule has 0 bridgehead atoms. The summed E-state index contributed by atoms with van der Waals surface area (Å²) in [4.78, 5) is 0. The smallest absolute Gasteiger partial charge is 0.0827 e. The van der Waals surface area contributed by atoms with Crippen molar-refractivity contribution in [1.29, 1.82) is 0 Å². The third-order valence-corrected chi connectivity index (χ3v) is 1.39. The molecular formula is C4H4Cl2N2. The Hall–Kier alpha value is -0.210. The number of rotatable bonds is 1. The molecule has 0 aliphatic heterocycles. The molecule has 0 unspecified atom stereocenters. The van der Waals surface area contributed by atoms with Gasteiger partial charge in [-0.3, -0.25) is 5.10 Å². The van der Waals surface area contributed by atoms with Crippen molar-refractivity contribution in [2.75, 3.05) is 0 Å². The monoisotopic (exact) mass is 150 g/mol. The van der Waals surface area contributed by atoms with E-state index in [1.54, 1.807) is 0 Å². The molecule has 0 spiro atoms. The molecule has 4 heteroatoms. The van der Waals surface area contributed by atoms with Crippen LogP contribution in [0.5, 0.6) is 0 Å². The number of aromatic nitrogens is 2. The van der Waals surface area contributed by atoms with Gasteiger partial charge in [-0.25, -0.2) is 0 Å². The third kappa shape index (κ3) is 0.956. The van der Waals surface area contributed by atoms with Crippen LogP contribution >= 0.6 is 23.2 Å². The number of nitrogens with zero attached hydrogens (tertiary/aromatic N) is 1. The van der Waals surface area contributed by atoms with E-state index < -0.39 is 0 Å². The number of halogens is 2. The molecule has 0 saturated heterocycles. The molecule has 0 aromatic carbocycles. The molecule has 1 rings (SSSR count). The third-order valence-electron chi connectivity index (χ3n) is 0.799. The van der Waals surface area contributed by atoms with Crippen LogP contribution in [0.25, 0.3) is 0 Å². The minimum atomic E-state index is 0.388. The van der Waals surface area contributed by atoms with Crippen molar-refractivity contribution < 1.29 is 0 Å². The Morgan fingerprint density at radius 1 is 1.75 bits per heavy atom. The highest BCUT2D eigenvalue weighted by atomic mass is 35.5. The molecule has 8 heavy (non-hydrogen) atoms. The number of H-pyrrole nitrogens is 1. The second-order valence-electron chi connectivity index (χ2n) is 1.33. The SMILES string of the molecule is ClCc1[nH]ncc1Cl. The first-order valence-electron chi connectivity index (χ1n) is 2.08. The van der Waals surface area contributed by atoms with Crippen LogP contribution in [0.4, 0.5) is 0 Å². The van der Waals surface area contributed by atoms with Crippen molar-refractivity contribution in [1.82, 2.24) is 10.2 Å². The van der Waals surface area contributed by atoms with E-state index in [2.05, 4.69) is 10.2 Å². The zero-order chi connectivity index (χ0) is 5.98. The molecule has 0 aliphatic carbocycles. The van der Waals surface area contributed by atoms with Gasteiger partial charge in [-0.15, -0.1) is 11.6 Å². The Bertz CT molecular complexity index is 172. The molecule has 44 valence electrons. The lowest BCUT2D eigenvalue weighted by molar-refractivity contribution is 1.04. The maximum atomic E-state index is 5.56. The molecule has 0 radical (unpaired) electrons. The summed E-state index contributed by atoms with van der Waals surface area (Å²) in [6.07, 6.45) is 1.53. The van der Waals surface area contributed by atoms with Gasteiger partial charge in [0.25, 0.3) is 0 Å². The average Bonchev–Trinajstić information content (AvgIpc) is 2.14. The highest BCUT2D eigenvalue weighted by molar-refractivity contribution is 6.31. The van der Waals surface area contributed by atoms with Crippen LogP contribution in [-0.4, -0.2) is 10.2 Å². The normalized spacial score (nSPS) is 9.75. The number of alkyl halides is 1. The fourth-order valence-corrected chi connectivity index (χ4v) is 0.822. The first-order valence-corrected chi connectivity index (χ1v) is 2.99. The van der Waals surface area contributed by atoms with Gasteiger partial charge in [-0.2, -0.15) is 5.10 Å². The molecule has 0 aliphatic rings. The van der Waals surface area contributed by atoms with Gasteiger partial charge in [0.15, 0.2) is 0 Å². The van der Waals surface area contributed by atoms with Crippen LogP contribution in [0, 0.1) is 0 Å². The lowest BCUT2D eigenvalue weighted by Crippen LogP contribution is -1.75. The minimum absolute atomic E-state index is 0.388. The molecule has 2 nitrogen and oxygen atoms in total. The van der Waals surface area contributed by atoms with Crippen molar-refractivity contribution in [2.45, 2.75) is 5.88 Å². The van der Waals surface area contributed by atoms with Gasteiger partial charge >= 0.3 is 0 Å². The maximum Gasteiger partial charge on any atom is 0.0827 e. The molecule has 0 saturated carbocycles. The van der Waals surface area contributed by atoms with Gasteiger partial charge in [0, 0.05) is 0 Å². The second-order valence-corrected chi connectivity index (χ2v) is 2.00. The minimum Gasteiger partial charge on any atom is -0.280 e. The lowest BCUT2D eigenvalue weighted by atomic mass is 10.5. The zero-order valence-corrected chi connectivity index (χ0v) is 5.50. The van der Waals surface area contributed by atoms with E-state index in [4.69, 9.17) is 23.2 Å². The summed E-state index contributed by atoms with van der Waals surface area (Å²) in [7, 11) is 0. The molecular weight excluding hydrogens is 147 g/mol. The second kappa shape index (κ2) is 2.37. The van der Waals surface area contributed by atoms with E-state index >= 15 is 0 Å². The van der Waals surface area contributed by atoms with Crippen LogP contribution in [0.2, 0.25) is 5.02 Å². The predicted octanol–water partition coefficient (Wildman–Crippen LogP) is 1.80. The lowest BCUT2D eigenvalue weighted by Gasteiger charge is -1.83. The fourth-order valence-electron chi connectivity index (χ4n) is 0.392. The molecule has 1 N–H and O–H groups in total. The van der Waals surface area contributed by atoms with Gasteiger partial charge in [0.05, 0.1) is 22.8 Å². The van der Waals surface area contributed by atoms with Crippen molar-refractivity contribution in [3.05, 3.63) is 16.9 Å². The van der Waals surface area contributed by atoms with Crippen LogP contribution in [0.15, 0.2) is 6.20 Å². The maximum absolute atomic E-state index is 5.56. The van der Waals surface area contributed by atoms with E-state index in [0.29, 0.717) is 10.9 Å². The molecule has 0 amide bonds. The number of aromatic amines is 1. The first-order chi connectivity index (χ1) is 3.84. The van der Waals surface area contributed by atoms with E-state index in [9.17, 15) is 0 Å². The Labute approximate surface area is 56.8 Å². The zero-order valence-electron chi connectivity index (χ0n) is 3.99. The molecule has 1 aromatic heterocycles. The van der Waals surface area contributed by atoms with Crippen molar-refractivity contribution in [3.63, 3.8) is 0 Å². The van der Waals surface area contributed by atoms with Crippen LogP contribution in [0.1, 0.15) is 5.69 Å². The fraction of sp³-hybridized carbons (Fsp3) is 0.250. The van der Waals surface area contributed by atoms with E-state index in [1.165, 1.54) is 6.20 Å². The van der Waals surface area contributed by atoms with E-state index in [1.807, 2.05) is 0 Å². The predicted molar refractivity (Wildman–Crippen MR) is 33.2 cm³/mol. The van der Waals surface area contributed by atoms with Gasteiger partial charge in [0.1, 0.15) is 0 Å². The van der Waals surface area contributed by atoms with E-state index in [0.717, 1.165) is 5.69 Å². The summed E-state index contributed by atoms with van der Waals surface area (Å²) in [5.41, 5.74) is 0.772. The Morgan fingerprint density at radius 3 is 2.75 bits per heavy atom. The summed E-state index contributed by atoms with van der Waals surface area (Å²) in [5, 5.41) is 6.89. The number of hydrogen-bond donors (Lipinski definition) is 1. The van der Waals surface area contributed by atoms with Gasteiger partial charge in [-0.1, -0.05) is 11.6 Å². The van der Waals surface area contributed by atoms with Crippen molar-refractivity contribution in [2.24, 2.45) is 0 Å². The van der Waals surface area contributed by atoms with Crippen LogP contribution in [-0.2, 0) is 5.88 Å². The summed E-state index contributed by atoms with van der Waals surface area (Å²) in [6.45, 7) is 0. The first kappa shape index (κ1) is 5.92. The summed E-state index contributed by atoms with van der Waals surface area (Å²) < 4.78 is 0. The summed E-state index contributed by atoms with van der Waals surface area (Å²) in [6, 6.07) is 0. The number of hydrogen-bond acceptors (Lipinski definition) is 1. The van der Waals surface area contributed by atoms with Gasteiger partial charge < -0.3 is 0 Å². The summed E-state index contributed by atoms with van der Waals surface area (Å²) >= 11 is 11.0. The van der Waals surface area contributed by atoms with Crippen LogP contribution < -0.4 is 0 Å². The molecule has 1 heterocycles. The Kier molecular flexibility index (Phi) is 1.76. The highest BCUT2D eigenvalue weighted by Crippen LogP contribution is 2.12. The quantitative estimate of drug-likeness (QED) is 0.609. The van der Waals surface area contributed by atoms with Gasteiger partial charge in [-0.05, 0) is 0 Å². The molecule has 1 aromatic rings. The standard InChI is InChI=1S/C4H4Cl2N2/c5-1-4-3(6)2-7-8-4/h2H,1H2,(H,7,8). The van der Waals surface area contributed by atoms with Crippen LogP contribution in [0.3, 0.4) is 0 Å². The average molecular weight is 151 g/mol. The topological polar surface area (TPSA) is 28.7 Å². The molecule has 0 atom stereocenters. The largest absolute Gasteiger partial charge is 0.280 e. The van der Waals surface area contributed by atoms with E-state index in [-0.39, 0.29) is 0 Å². The van der Waals surface area contributed by atoms with Crippen molar-refractivity contribution >= 4 is 23.2 Å². The number of nitrogens with one attached hydrogen (secondary N) is 1. The molecule has 0 fully saturated rings. The Balaban J connectivity index is 2.92. The summed E-state index contributed by atoms with van der Waals surface area (Å²) in [5.74, 6) is 0.388. The Morgan fingerprint density at radius 2 is 2.50 bits per heavy atom. The van der Waals surface area contributed by atoms with Gasteiger partial charge in [0.2, 0.25) is 0 Å². The highest BCUT2D eigenvalue weighted by Gasteiger charge is 1.96.